The fraction of sp³-hybridized carbons (Fsp3) is 0.143. The van der Waals surface area contributed by atoms with Crippen molar-refractivity contribution in [1.82, 2.24) is 14.7 Å². The van der Waals surface area contributed by atoms with E-state index in [-0.39, 0.29) is 24.1 Å². The molecule has 0 radical (unpaired) electrons. The van der Waals surface area contributed by atoms with Crippen LogP contribution in [0, 0.1) is 11.3 Å². The van der Waals surface area contributed by atoms with Gasteiger partial charge in [-0.3, -0.25) is 19.2 Å². The molecule has 1 aliphatic heterocycles. The Balaban J connectivity index is 1.96. The molecule has 0 unspecified atom stereocenters. The number of nitriles is 1. The lowest BCUT2D eigenvalue weighted by atomic mass is 10.1. The molecule has 0 fully saturated rings. The van der Waals surface area contributed by atoms with E-state index in [2.05, 4.69) is 5.10 Å². The van der Waals surface area contributed by atoms with Gasteiger partial charge in [0.15, 0.2) is 5.69 Å². The van der Waals surface area contributed by atoms with Crippen LogP contribution >= 0.6 is 0 Å². The topological polar surface area (TPSA) is 79.0 Å². The smallest absolute Gasteiger partial charge is 0.261 e. The Labute approximate surface area is 114 Å². The Hall–Kier alpha value is -2.94. The summed E-state index contributed by atoms with van der Waals surface area (Å²) in [5.74, 6) is -0.670. The fourth-order valence-electron chi connectivity index (χ4n) is 2.30. The highest BCUT2D eigenvalue weighted by molar-refractivity contribution is 6.21. The third-order valence-electron chi connectivity index (χ3n) is 3.22. The minimum absolute atomic E-state index is 0.0586. The first kappa shape index (κ1) is 12.1. The van der Waals surface area contributed by atoms with Gasteiger partial charge in [0, 0.05) is 18.8 Å². The summed E-state index contributed by atoms with van der Waals surface area (Å²) in [5.41, 5.74) is 1.59. The van der Waals surface area contributed by atoms with Crippen LogP contribution in [0.25, 0.3) is 0 Å². The van der Waals surface area contributed by atoms with Crippen LogP contribution in [0.5, 0.6) is 0 Å². The van der Waals surface area contributed by atoms with E-state index in [9.17, 15) is 9.59 Å². The Morgan fingerprint density at radius 2 is 1.80 bits per heavy atom. The number of rotatable bonds is 2. The van der Waals surface area contributed by atoms with Gasteiger partial charge < -0.3 is 0 Å². The molecule has 1 aliphatic rings. The van der Waals surface area contributed by atoms with Crippen molar-refractivity contribution in [3.8, 4) is 6.07 Å². The first-order valence-corrected chi connectivity index (χ1v) is 5.99. The van der Waals surface area contributed by atoms with Crippen LogP contribution in [0.1, 0.15) is 32.0 Å². The molecule has 6 heteroatoms. The maximum Gasteiger partial charge on any atom is 0.261 e. The molecule has 0 bridgehead atoms. The van der Waals surface area contributed by atoms with E-state index < -0.39 is 0 Å². The summed E-state index contributed by atoms with van der Waals surface area (Å²) < 4.78 is 1.49. The molecular formula is C14H10N4O2. The minimum Gasteiger partial charge on any atom is -0.274 e. The molecule has 1 aromatic carbocycles. The number of aryl methyl sites for hydroxylation is 1. The number of carbonyl (C=O) groups is 2. The number of benzene rings is 1. The summed E-state index contributed by atoms with van der Waals surface area (Å²) in [5, 5.41) is 13.0. The monoisotopic (exact) mass is 266 g/mol. The Bertz CT molecular complexity index is 735. The molecule has 6 nitrogen and oxygen atoms in total. The second-order valence-electron chi connectivity index (χ2n) is 4.53. The maximum absolute atomic E-state index is 12.2. The summed E-state index contributed by atoms with van der Waals surface area (Å²) in [6.07, 6.45) is 1.64. The second-order valence-corrected chi connectivity index (χ2v) is 4.53. The summed E-state index contributed by atoms with van der Waals surface area (Å²) in [7, 11) is 1.69. The van der Waals surface area contributed by atoms with Gasteiger partial charge in [-0.2, -0.15) is 10.4 Å². The largest absolute Gasteiger partial charge is 0.274 e. The molecule has 0 saturated heterocycles. The average molecular weight is 266 g/mol. The highest BCUT2D eigenvalue weighted by Gasteiger charge is 2.35. The molecule has 2 heterocycles. The van der Waals surface area contributed by atoms with Gasteiger partial charge >= 0.3 is 0 Å². The zero-order chi connectivity index (χ0) is 14.3. The van der Waals surface area contributed by atoms with Crippen LogP contribution in [0.15, 0.2) is 30.5 Å². The lowest BCUT2D eigenvalue weighted by Gasteiger charge is -2.12. The first-order chi connectivity index (χ1) is 9.61. The summed E-state index contributed by atoms with van der Waals surface area (Å²) >= 11 is 0. The van der Waals surface area contributed by atoms with Gasteiger partial charge in [-0.15, -0.1) is 0 Å². The van der Waals surface area contributed by atoms with Gasteiger partial charge in [0.2, 0.25) is 0 Å². The molecule has 1 aromatic heterocycles. The number of fused-ring (bicyclic) bond motifs is 1. The van der Waals surface area contributed by atoms with Crippen LogP contribution in [0.2, 0.25) is 0 Å². The zero-order valence-corrected chi connectivity index (χ0v) is 10.7. The molecule has 2 amide bonds. The highest BCUT2D eigenvalue weighted by Crippen LogP contribution is 2.24. The number of aromatic nitrogens is 2. The van der Waals surface area contributed by atoms with Gasteiger partial charge in [0.05, 0.1) is 17.7 Å². The first-order valence-electron chi connectivity index (χ1n) is 5.99. The number of imide groups is 1. The molecular weight excluding hydrogens is 256 g/mol. The number of nitrogens with zero attached hydrogens (tertiary/aromatic N) is 4. The van der Waals surface area contributed by atoms with Gasteiger partial charge in [-0.05, 0) is 12.1 Å². The third-order valence-corrected chi connectivity index (χ3v) is 3.22. The molecule has 98 valence electrons. The van der Waals surface area contributed by atoms with E-state index in [4.69, 9.17) is 5.26 Å². The van der Waals surface area contributed by atoms with Crippen LogP contribution in [-0.2, 0) is 13.6 Å². The lowest BCUT2D eigenvalue weighted by Crippen LogP contribution is -2.29. The Morgan fingerprint density at radius 1 is 1.20 bits per heavy atom. The summed E-state index contributed by atoms with van der Waals surface area (Å²) in [6.45, 7) is 0.0586. The van der Waals surface area contributed by atoms with Gasteiger partial charge in [-0.25, -0.2) is 0 Å². The zero-order valence-electron chi connectivity index (χ0n) is 10.7. The molecule has 0 N–H and O–H groups in total. The predicted molar refractivity (Wildman–Crippen MR) is 68.6 cm³/mol. The standard InChI is InChI=1S/C14H10N4O2/c1-17-7-9(12(6-15)16-17)8-18-13(19)10-4-2-3-5-11(10)14(18)20/h2-5,7H,8H2,1H3. The average Bonchev–Trinajstić information content (AvgIpc) is 2.93. The van der Waals surface area contributed by atoms with E-state index in [1.54, 1.807) is 37.5 Å². The van der Waals surface area contributed by atoms with Crippen molar-refractivity contribution >= 4 is 11.8 Å². The second kappa shape index (κ2) is 4.31. The SMILES string of the molecule is Cn1cc(CN2C(=O)c3ccccc3C2=O)c(C#N)n1. The van der Waals surface area contributed by atoms with E-state index in [0.29, 0.717) is 16.7 Å². The highest BCUT2D eigenvalue weighted by atomic mass is 16.2. The van der Waals surface area contributed by atoms with Crippen LogP contribution in [-0.4, -0.2) is 26.5 Å². The van der Waals surface area contributed by atoms with E-state index in [0.717, 1.165) is 4.90 Å². The summed E-state index contributed by atoms with van der Waals surface area (Å²) in [4.78, 5) is 25.6. The fourth-order valence-corrected chi connectivity index (χ4v) is 2.30. The molecule has 0 atom stereocenters. The van der Waals surface area contributed by atoms with E-state index >= 15 is 0 Å². The van der Waals surface area contributed by atoms with Crippen molar-refractivity contribution in [1.29, 1.82) is 5.26 Å². The molecule has 3 rings (SSSR count). The minimum atomic E-state index is -0.335. The van der Waals surface area contributed by atoms with Crippen molar-refractivity contribution in [2.45, 2.75) is 6.54 Å². The van der Waals surface area contributed by atoms with Crippen molar-refractivity contribution in [3.05, 3.63) is 52.8 Å². The third kappa shape index (κ3) is 1.68. The molecule has 0 saturated carbocycles. The quantitative estimate of drug-likeness (QED) is 0.762. The van der Waals surface area contributed by atoms with Crippen molar-refractivity contribution in [2.75, 3.05) is 0 Å². The number of carbonyl (C=O) groups excluding carboxylic acids is 2. The van der Waals surface area contributed by atoms with Crippen LogP contribution < -0.4 is 0 Å². The van der Waals surface area contributed by atoms with E-state index in [1.807, 2.05) is 6.07 Å². The van der Waals surface area contributed by atoms with Gasteiger partial charge in [-0.1, -0.05) is 12.1 Å². The molecule has 2 aromatic rings. The Kier molecular flexibility index (Phi) is 2.61. The maximum atomic E-state index is 12.2. The Morgan fingerprint density at radius 3 is 2.35 bits per heavy atom. The molecule has 20 heavy (non-hydrogen) atoms. The van der Waals surface area contributed by atoms with Crippen molar-refractivity contribution < 1.29 is 9.59 Å². The normalized spacial score (nSPS) is 13.5. The molecule has 0 aliphatic carbocycles. The van der Waals surface area contributed by atoms with Crippen molar-refractivity contribution in [2.24, 2.45) is 7.05 Å². The van der Waals surface area contributed by atoms with Gasteiger partial charge in [0.1, 0.15) is 6.07 Å². The number of hydrogen-bond donors (Lipinski definition) is 0. The van der Waals surface area contributed by atoms with E-state index in [1.165, 1.54) is 4.68 Å². The number of amides is 2. The lowest BCUT2D eigenvalue weighted by molar-refractivity contribution is 0.0642. The summed E-state index contributed by atoms with van der Waals surface area (Å²) in [6, 6.07) is 8.66. The number of hydrogen-bond acceptors (Lipinski definition) is 4. The molecule has 0 spiro atoms. The van der Waals surface area contributed by atoms with Gasteiger partial charge in [0.25, 0.3) is 11.8 Å². The van der Waals surface area contributed by atoms with Crippen molar-refractivity contribution in [3.63, 3.8) is 0 Å². The predicted octanol–water partition coefficient (Wildman–Crippen LogP) is 1.09. The van der Waals surface area contributed by atoms with Crippen LogP contribution in [0.3, 0.4) is 0 Å². The van der Waals surface area contributed by atoms with Crippen LogP contribution in [0.4, 0.5) is 0 Å².